The summed E-state index contributed by atoms with van der Waals surface area (Å²) < 4.78 is 18.1. The van der Waals surface area contributed by atoms with Crippen LogP contribution in [0.15, 0.2) is 24.3 Å². The Balaban J connectivity index is 1.57. The standard InChI is InChI=1S/C21H23FN4O3S/c1-3-29-21(28)19-14(2)17(12-23)20(30-19)24-18(27)13-25-8-10-26(11-9-25)16-6-4-15(22)5-7-16/h4-7H,3,8-11,13H2,1-2H3,(H,24,27). The number of nitrogens with zero attached hydrogens (tertiary/aromatic N) is 3. The predicted molar refractivity (Wildman–Crippen MR) is 113 cm³/mol. The molecule has 1 saturated heterocycles. The third kappa shape index (κ3) is 4.96. The highest BCUT2D eigenvalue weighted by Crippen LogP contribution is 2.33. The molecule has 1 aliphatic rings. The van der Waals surface area contributed by atoms with E-state index in [1.54, 1.807) is 26.0 Å². The number of hydrogen-bond acceptors (Lipinski definition) is 7. The van der Waals surface area contributed by atoms with Crippen LogP contribution < -0.4 is 10.2 Å². The summed E-state index contributed by atoms with van der Waals surface area (Å²) in [5, 5.41) is 12.6. The minimum absolute atomic E-state index is 0.188. The molecule has 0 bridgehead atoms. The zero-order valence-electron chi connectivity index (χ0n) is 16.9. The SMILES string of the molecule is CCOC(=O)c1sc(NC(=O)CN2CCN(c3ccc(F)cc3)CC2)c(C#N)c1C. The molecule has 7 nitrogen and oxygen atoms in total. The van der Waals surface area contributed by atoms with Gasteiger partial charge in [0.2, 0.25) is 5.91 Å². The van der Waals surface area contributed by atoms with E-state index in [-0.39, 0.29) is 30.4 Å². The lowest BCUT2D eigenvalue weighted by molar-refractivity contribution is -0.117. The van der Waals surface area contributed by atoms with E-state index < -0.39 is 5.97 Å². The van der Waals surface area contributed by atoms with Gasteiger partial charge in [0.15, 0.2) is 0 Å². The van der Waals surface area contributed by atoms with Crippen LogP contribution in [0.5, 0.6) is 0 Å². The van der Waals surface area contributed by atoms with E-state index in [0.717, 1.165) is 30.1 Å². The molecule has 1 fully saturated rings. The maximum absolute atomic E-state index is 13.1. The third-order valence-electron chi connectivity index (χ3n) is 4.90. The van der Waals surface area contributed by atoms with Gasteiger partial charge in [-0.05, 0) is 43.7 Å². The Morgan fingerprint density at radius 3 is 2.50 bits per heavy atom. The van der Waals surface area contributed by atoms with Gasteiger partial charge in [0.25, 0.3) is 0 Å². The van der Waals surface area contributed by atoms with Crippen LogP contribution in [0.25, 0.3) is 0 Å². The van der Waals surface area contributed by atoms with E-state index >= 15 is 0 Å². The van der Waals surface area contributed by atoms with Crippen molar-refractivity contribution >= 4 is 33.9 Å². The topological polar surface area (TPSA) is 85.7 Å². The number of amides is 1. The van der Waals surface area contributed by atoms with Gasteiger partial charge < -0.3 is 15.0 Å². The molecule has 0 atom stereocenters. The summed E-state index contributed by atoms with van der Waals surface area (Å²) in [6.07, 6.45) is 0. The molecular formula is C21H23FN4O3S. The number of piperazine rings is 1. The van der Waals surface area contributed by atoms with Crippen molar-refractivity contribution in [3.63, 3.8) is 0 Å². The number of thiophene rings is 1. The Bertz CT molecular complexity index is 960. The van der Waals surface area contributed by atoms with E-state index in [0.29, 0.717) is 28.5 Å². The normalized spacial score (nSPS) is 14.3. The second-order valence-electron chi connectivity index (χ2n) is 6.88. The number of nitriles is 1. The number of ether oxygens (including phenoxy) is 1. The van der Waals surface area contributed by atoms with Gasteiger partial charge in [0.1, 0.15) is 21.8 Å². The first-order valence-corrected chi connectivity index (χ1v) is 10.5. The number of halogens is 1. The summed E-state index contributed by atoms with van der Waals surface area (Å²) in [5.74, 6) is -0.993. The summed E-state index contributed by atoms with van der Waals surface area (Å²) in [6.45, 7) is 6.65. The number of rotatable bonds is 6. The quantitative estimate of drug-likeness (QED) is 0.709. The molecule has 1 amide bonds. The summed E-state index contributed by atoms with van der Waals surface area (Å²) in [6, 6.07) is 8.44. The lowest BCUT2D eigenvalue weighted by atomic mass is 10.2. The van der Waals surface area contributed by atoms with Crippen molar-refractivity contribution < 1.29 is 18.7 Å². The van der Waals surface area contributed by atoms with Crippen LogP contribution in [-0.2, 0) is 9.53 Å². The van der Waals surface area contributed by atoms with Gasteiger partial charge >= 0.3 is 5.97 Å². The van der Waals surface area contributed by atoms with Gasteiger partial charge in [-0.2, -0.15) is 5.26 Å². The number of carbonyl (C=O) groups excluding carboxylic acids is 2. The number of hydrogen-bond donors (Lipinski definition) is 1. The number of carbonyl (C=O) groups is 2. The molecule has 0 aliphatic carbocycles. The third-order valence-corrected chi connectivity index (χ3v) is 6.09. The molecule has 0 unspecified atom stereocenters. The van der Waals surface area contributed by atoms with Gasteiger partial charge in [0.05, 0.1) is 18.7 Å². The van der Waals surface area contributed by atoms with E-state index in [1.165, 1.54) is 12.1 Å². The summed E-state index contributed by atoms with van der Waals surface area (Å²) in [7, 11) is 0. The Morgan fingerprint density at radius 1 is 1.23 bits per heavy atom. The Hall–Kier alpha value is -2.96. The van der Waals surface area contributed by atoms with Crippen LogP contribution in [0.3, 0.4) is 0 Å². The summed E-state index contributed by atoms with van der Waals surface area (Å²) in [5.41, 5.74) is 1.77. The zero-order valence-corrected chi connectivity index (χ0v) is 17.7. The second kappa shape index (κ2) is 9.69. The van der Waals surface area contributed by atoms with Crippen LogP contribution in [0.2, 0.25) is 0 Å². The molecule has 0 spiro atoms. The smallest absolute Gasteiger partial charge is 0.348 e. The van der Waals surface area contributed by atoms with E-state index in [1.807, 2.05) is 4.90 Å². The molecule has 1 aromatic carbocycles. The fourth-order valence-electron chi connectivity index (χ4n) is 3.31. The van der Waals surface area contributed by atoms with Crippen molar-refractivity contribution in [2.75, 3.05) is 49.5 Å². The lowest BCUT2D eigenvalue weighted by Gasteiger charge is -2.35. The van der Waals surface area contributed by atoms with Crippen LogP contribution in [0.1, 0.15) is 27.7 Å². The largest absolute Gasteiger partial charge is 0.462 e. The average Bonchev–Trinajstić information content (AvgIpc) is 3.04. The molecule has 1 aromatic heterocycles. The van der Waals surface area contributed by atoms with Gasteiger partial charge in [0, 0.05) is 31.9 Å². The van der Waals surface area contributed by atoms with Gasteiger partial charge in [-0.15, -0.1) is 11.3 Å². The molecule has 30 heavy (non-hydrogen) atoms. The van der Waals surface area contributed by atoms with Gasteiger partial charge in [-0.25, -0.2) is 9.18 Å². The molecular weight excluding hydrogens is 407 g/mol. The highest BCUT2D eigenvalue weighted by atomic mass is 32.1. The van der Waals surface area contributed by atoms with Crippen LogP contribution in [0, 0.1) is 24.1 Å². The van der Waals surface area contributed by atoms with Crippen LogP contribution in [0.4, 0.5) is 15.1 Å². The molecule has 1 aliphatic heterocycles. The van der Waals surface area contributed by atoms with E-state index in [4.69, 9.17) is 4.74 Å². The van der Waals surface area contributed by atoms with Crippen molar-refractivity contribution in [3.8, 4) is 6.07 Å². The van der Waals surface area contributed by atoms with Crippen LogP contribution in [-0.4, -0.2) is 56.1 Å². The van der Waals surface area contributed by atoms with Gasteiger partial charge in [-0.3, -0.25) is 9.69 Å². The lowest BCUT2D eigenvalue weighted by Crippen LogP contribution is -2.48. The molecule has 0 saturated carbocycles. The van der Waals surface area contributed by atoms with E-state index in [9.17, 15) is 19.2 Å². The molecule has 158 valence electrons. The second-order valence-corrected chi connectivity index (χ2v) is 7.90. The van der Waals surface area contributed by atoms with Crippen molar-refractivity contribution in [3.05, 3.63) is 46.1 Å². The fourth-order valence-corrected chi connectivity index (χ4v) is 4.38. The summed E-state index contributed by atoms with van der Waals surface area (Å²) in [4.78, 5) is 29.1. The highest BCUT2D eigenvalue weighted by Gasteiger charge is 2.24. The van der Waals surface area contributed by atoms with Gasteiger partial charge in [-0.1, -0.05) is 0 Å². The number of anilines is 2. The number of esters is 1. The Kier molecular flexibility index (Phi) is 7.03. The molecule has 2 heterocycles. The monoisotopic (exact) mass is 430 g/mol. The first-order valence-electron chi connectivity index (χ1n) is 9.66. The van der Waals surface area contributed by atoms with Crippen molar-refractivity contribution in [2.45, 2.75) is 13.8 Å². The van der Waals surface area contributed by atoms with Crippen molar-refractivity contribution in [2.24, 2.45) is 0 Å². The average molecular weight is 431 g/mol. The Labute approximate surface area is 178 Å². The molecule has 1 N–H and O–H groups in total. The Morgan fingerprint density at radius 2 is 1.90 bits per heavy atom. The maximum atomic E-state index is 13.1. The first-order chi connectivity index (χ1) is 14.4. The predicted octanol–water partition coefficient (Wildman–Crippen LogP) is 3.00. The maximum Gasteiger partial charge on any atom is 0.348 e. The highest BCUT2D eigenvalue weighted by molar-refractivity contribution is 7.18. The molecule has 9 heteroatoms. The molecule has 3 rings (SSSR count). The number of nitrogens with one attached hydrogen (secondary N) is 1. The first kappa shape index (κ1) is 21.7. The zero-order chi connectivity index (χ0) is 21.7. The van der Waals surface area contributed by atoms with Crippen molar-refractivity contribution in [1.82, 2.24) is 4.90 Å². The minimum Gasteiger partial charge on any atom is -0.462 e. The van der Waals surface area contributed by atoms with Crippen molar-refractivity contribution in [1.29, 1.82) is 5.26 Å². The minimum atomic E-state index is -0.492. The summed E-state index contributed by atoms with van der Waals surface area (Å²) >= 11 is 1.06. The van der Waals surface area contributed by atoms with E-state index in [2.05, 4.69) is 16.3 Å². The fraction of sp³-hybridized carbons (Fsp3) is 0.381. The van der Waals surface area contributed by atoms with Crippen LogP contribution >= 0.6 is 11.3 Å². The molecule has 2 aromatic rings. The molecule has 0 radical (unpaired) electrons. The number of benzene rings is 1.